The smallest absolute Gasteiger partial charge is 0.274 e. The summed E-state index contributed by atoms with van der Waals surface area (Å²) in [6.45, 7) is 3.19. The van der Waals surface area contributed by atoms with Gasteiger partial charge in [-0.1, -0.05) is 6.92 Å². The minimum Gasteiger partial charge on any atom is -0.378 e. The van der Waals surface area contributed by atoms with Crippen molar-refractivity contribution in [1.29, 1.82) is 0 Å². The summed E-state index contributed by atoms with van der Waals surface area (Å²) in [7, 11) is 3.97. The highest BCUT2D eigenvalue weighted by Gasteiger charge is 2.23. The van der Waals surface area contributed by atoms with E-state index in [0.717, 1.165) is 30.2 Å². The van der Waals surface area contributed by atoms with E-state index in [1.54, 1.807) is 6.07 Å². The predicted octanol–water partition coefficient (Wildman–Crippen LogP) is 3.56. The molecule has 1 amide bonds. The van der Waals surface area contributed by atoms with Crippen LogP contribution in [0.15, 0.2) is 36.7 Å². The third-order valence-corrected chi connectivity index (χ3v) is 4.92. The molecule has 2 aromatic rings. The van der Waals surface area contributed by atoms with Gasteiger partial charge in [-0.2, -0.15) is 0 Å². The Balaban J connectivity index is 1.73. The van der Waals surface area contributed by atoms with Crippen molar-refractivity contribution in [2.45, 2.75) is 38.6 Å². The van der Waals surface area contributed by atoms with Gasteiger partial charge in [-0.15, -0.1) is 0 Å². The Hall–Kier alpha value is -2.63. The maximum absolute atomic E-state index is 12.6. The van der Waals surface area contributed by atoms with E-state index in [0.29, 0.717) is 11.7 Å². The maximum atomic E-state index is 12.6. The van der Waals surface area contributed by atoms with E-state index in [1.807, 2.05) is 43.3 Å². The van der Waals surface area contributed by atoms with Gasteiger partial charge in [-0.05, 0) is 49.9 Å². The fourth-order valence-corrected chi connectivity index (χ4v) is 3.39. The van der Waals surface area contributed by atoms with Crippen molar-refractivity contribution >= 4 is 23.1 Å². The lowest BCUT2D eigenvalue weighted by Gasteiger charge is -2.36. The monoisotopic (exact) mass is 353 g/mol. The van der Waals surface area contributed by atoms with Gasteiger partial charge in [0.15, 0.2) is 0 Å². The maximum Gasteiger partial charge on any atom is 0.274 e. The van der Waals surface area contributed by atoms with E-state index in [9.17, 15) is 4.79 Å². The first-order valence-corrected chi connectivity index (χ1v) is 9.26. The Bertz CT molecular complexity index is 744. The molecule has 6 heteroatoms. The number of amides is 1. The van der Waals surface area contributed by atoms with Crippen molar-refractivity contribution < 1.29 is 4.79 Å². The summed E-state index contributed by atoms with van der Waals surface area (Å²) < 4.78 is 0. The Morgan fingerprint density at radius 1 is 1.23 bits per heavy atom. The number of aromatic nitrogens is 2. The summed E-state index contributed by atoms with van der Waals surface area (Å²) in [6, 6.07) is 10.0. The molecule has 1 saturated heterocycles. The van der Waals surface area contributed by atoms with Crippen LogP contribution in [-0.2, 0) is 0 Å². The van der Waals surface area contributed by atoms with Crippen LogP contribution in [0.5, 0.6) is 0 Å². The second-order valence-corrected chi connectivity index (χ2v) is 6.91. The van der Waals surface area contributed by atoms with Gasteiger partial charge in [0.1, 0.15) is 17.8 Å². The fraction of sp³-hybridized carbons (Fsp3) is 0.450. The van der Waals surface area contributed by atoms with E-state index in [4.69, 9.17) is 0 Å². The molecule has 3 rings (SSSR count). The van der Waals surface area contributed by atoms with E-state index in [-0.39, 0.29) is 5.91 Å². The quantitative estimate of drug-likeness (QED) is 0.890. The van der Waals surface area contributed by atoms with Gasteiger partial charge >= 0.3 is 0 Å². The summed E-state index contributed by atoms with van der Waals surface area (Å²) >= 11 is 0. The molecule has 1 N–H and O–H groups in total. The summed E-state index contributed by atoms with van der Waals surface area (Å²) in [5, 5.41) is 2.91. The highest BCUT2D eigenvalue weighted by atomic mass is 16.1. The number of hydrogen-bond acceptors (Lipinski definition) is 5. The number of nitrogens with one attached hydrogen (secondary N) is 1. The SMILES string of the molecule is CCC1CCCCN1c1cc(C(=O)Nc2ccc(N(C)C)cc2)ncn1. The molecule has 26 heavy (non-hydrogen) atoms. The van der Waals surface area contributed by atoms with Gasteiger partial charge in [0, 0.05) is 44.1 Å². The molecule has 2 heterocycles. The normalized spacial score (nSPS) is 17.0. The molecule has 0 spiro atoms. The van der Waals surface area contributed by atoms with E-state index >= 15 is 0 Å². The number of rotatable bonds is 5. The first kappa shape index (κ1) is 18.2. The molecule has 0 bridgehead atoms. The molecule has 1 aromatic heterocycles. The van der Waals surface area contributed by atoms with Crippen LogP contribution in [0.1, 0.15) is 43.1 Å². The number of piperidine rings is 1. The van der Waals surface area contributed by atoms with Crippen molar-refractivity contribution in [3.05, 3.63) is 42.4 Å². The summed E-state index contributed by atoms with van der Waals surface area (Å²) in [5.74, 6) is 0.635. The Morgan fingerprint density at radius 3 is 2.69 bits per heavy atom. The Kier molecular flexibility index (Phi) is 5.71. The fourth-order valence-electron chi connectivity index (χ4n) is 3.39. The molecule has 0 radical (unpaired) electrons. The first-order valence-electron chi connectivity index (χ1n) is 9.26. The topological polar surface area (TPSA) is 61.4 Å². The molecular weight excluding hydrogens is 326 g/mol. The van der Waals surface area contributed by atoms with Gasteiger partial charge in [-0.25, -0.2) is 9.97 Å². The highest BCUT2D eigenvalue weighted by molar-refractivity contribution is 6.03. The average molecular weight is 353 g/mol. The molecule has 1 unspecified atom stereocenters. The van der Waals surface area contributed by atoms with E-state index in [2.05, 4.69) is 27.1 Å². The first-order chi connectivity index (χ1) is 12.6. The van der Waals surface area contributed by atoms with Crippen LogP contribution in [0.2, 0.25) is 0 Å². The average Bonchev–Trinajstić information content (AvgIpc) is 2.68. The van der Waals surface area contributed by atoms with Crippen molar-refractivity contribution in [3.63, 3.8) is 0 Å². The molecule has 1 aliphatic rings. The molecule has 1 aliphatic heterocycles. The third kappa shape index (κ3) is 4.12. The van der Waals surface area contributed by atoms with Crippen LogP contribution in [0.25, 0.3) is 0 Å². The minimum absolute atomic E-state index is 0.212. The lowest BCUT2D eigenvalue weighted by atomic mass is 10.00. The number of benzene rings is 1. The van der Waals surface area contributed by atoms with Gasteiger partial charge in [0.25, 0.3) is 5.91 Å². The second kappa shape index (κ2) is 8.17. The van der Waals surface area contributed by atoms with Crippen LogP contribution in [0.3, 0.4) is 0 Å². The predicted molar refractivity (Wildman–Crippen MR) is 106 cm³/mol. The number of anilines is 3. The van der Waals surface area contributed by atoms with Crippen molar-refractivity contribution in [2.24, 2.45) is 0 Å². The number of carbonyl (C=O) groups excluding carboxylic acids is 1. The molecule has 1 fully saturated rings. The highest BCUT2D eigenvalue weighted by Crippen LogP contribution is 2.25. The molecular formula is C20H27N5O. The van der Waals surface area contributed by atoms with Crippen molar-refractivity contribution in [3.8, 4) is 0 Å². The van der Waals surface area contributed by atoms with Crippen molar-refractivity contribution in [1.82, 2.24) is 9.97 Å². The largest absolute Gasteiger partial charge is 0.378 e. The molecule has 0 saturated carbocycles. The molecule has 1 atom stereocenters. The molecule has 0 aliphatic carbocycles. The van der Waals surface area contributed by atoms with E-state index < -0.39 is 0 Å². The Labute approximate surface area is 155 Å². The minimum atomic E-state index is -0.212. The van der Waals surface area contributed by atoms with Crippen LogP contribution < -0.4 is 15.1 Å². The number of carbonyl (C=O) groups is 1. The van der Waals surface area contributed by atoms with Crippen LogP contribution >= 0.6 is 0 Å². The van der Waals surface area contributed by atoms with Gasteiger partial charge < -0.3 is 15.1 Å². The standard InChI is InChI=1S/C20H27N5O/c1-4-16-7-5-6-12-25(16)19-13-18(21-14-22-19)20(26)23-15-8-10-17(11-9-15)24(2)3/h8-11,13-14,16H,4-7,12H2,1-3H3,(H,23,26). The Morgan fingerprint density at radius 2 is 2.00 bits per heavy atom. The number of hydrogen-bond donors (Lipinski definition) is 1. The summed E-state index contributed by atoms with van der Waals surface area (Å²) in [4.78, 5) is 25.5. The zero-order valence-corrected chi connectivity index (χ0v) is 15.8. The van der Waals surface area contributed by atoms with Gasteiger partial charge in [0.05, 0.1) is 0 Å². The van der Waals surface area contributed by atoms with Crippen molar-refractivity contribution in [2.75, 3.05) is 35.8 Å². The molecule has 1 aromatic carbocycles. The molecule has 138 valence electrons. The van der Waals surface area contributed by atoms with Crippen LogP contribution in [-0.4, -0.2) is 42.6 Å². The van der Waals surface area contributed by atoms with Gasteiger partial charge in [0.2, 0.25) is 0 Å². The van der Waals surface area contributed by atoms with Gasteiger partial charge in [-0.3, -0.25) is 4.79 Å². The lowest BCUT2D eigenvalue weighted by Crippen LogP contribution is -2.39. The molecule has 6 nitrogen and oxygen atoms in total. The zero-order chi connectivity index (χ0) is 18.5. The third-order valence-electron chi connectivity index (χ3n) is 4.92. The van der Waals surface area contributed by atoms with E-state index in [1.165, 1.54) is 25.6 Å². The summed E-state index contributed by atoms with van der Waals surface area (Å²) in [5.41, 5.74) is 2.24. The summed E-state index contributed by atoms with van der Waals surface area (Å²) in [6.07, 6.45) is 6.18. The second-order valence-electron chi connectivity index (χ2n) is 6.91. The number of nitrogens with zero attached hydrogens (tertiary/aromatic N) is 4. The van der Waals surface area contributed by atoms with Crippen LogP contribution in [0, 0.1) is 0 Å². The lowest BCUT2D eigenvalue weighted by molar-refractivity contribution is 0.102. The zero-order valence-electron chi connectivity index (χ0n) is 15.8. The van der Waals surface area contributed by atoms with Crippen LogP contribution in [0.4, 0.5) is 17.2 Å².